The molecule has 1 aromatic heterocycles. The quantitative estimate of drug-likeness (QED) is 0.637. The summed E-state index contributed by atoms with van der Waals surface area (Å²) in [5.74, 6) is -0.908. The van der Waals surface area contributed by atoms with Gasteiger partial charge in [-0.1, -0.05) is 28.1 Å². The number of carbonyl (C=O) groups excluding carboxylic acids is 2. The maximum Gasteiger partial charge on any atom is 0.234 e. The van der Waals surface area contributed by atoms with E-state index >= 15 is 0 Å². The molecule has 0 aliphatic heterocycles. The summed E-state index contributed by atoms with van der Waals surface area (Å²) < 4.78 is 0.790. The van der Waals surface area contributed by atoms with Crippen molar-refractivity contribution in [2.75, 3.05) is 0 Å². The average molecular weight is 309 g/mol. The van der Waals surface area contributed by atoms with Crippen LogP contribution < -0.4 is 0 Å². The molecule has 2 aromatic rings. The number of hydrogen-bond acceptors (Lipinski definition) is 3. The first-order valence-electron chi connectivity index (χ1n) is 4.98. The summed E-state index contributed by atoms with van der Waals surface area (Å²) in [5, 5.41) is 1.82. The lowest BCUT2D eigenvalue weighted by atomic mass is 10.0. The largest absolute Gasteiger partial charge is 0.285 e. The van der Waals surface area contributed by atoms with E-state index in [1.54, 1.807) is 24.3 Å². The highest BCUT2D eigenvalue weighted by molar-refractivity contribution is 9.10. The fraction of sp³-hybridized carbons (Fsp3) is 0.0769. The lowest BCUT2D eigenvalue weighted by molar-refractivity contribution is 0.0817. The van der Waals surface area contributed by atoms with Crippen LogP contribution in [0.3, 0.4) is 0 Å². The van der Waals surface area contributed by atoms with Crippen molar-refractivity contribution in [3.63, 3.8) is 0 Å². The van der Waals surface area contributed by atoms with E-state index in [1.165, 1.54) is 11.3 Å². The van der Waals surface area contributed by atoms with Gasteiger partial charge >= 0.3 is 0 Å². The van der Waals surface area contributed by atoms with Gasteiger partial charge in [0.05, 0.1) is 0 Å². The highest BCUT2D eigenvalue weighted by atomic mass is 79.9. The van der Waals surface area contributed by atoms with Gasteiger partial charge < -0.3 is 0 Å². The molecule has 0 spiro atoms. The van der Waals surface area contributed by atoms with Crippen LogP contribution in [0.5, 0.6) is 0 Å². The number of thiophene rings is 1. The SMILES string of the molecule is Cc1sccc1C(=O)C(=O)c1cccc(Br)c1. The molecule has 1 heterocycles. The fourth-order valence-electron chi connectivity index (χ4n) is 1.50. The zero-order valence-corrected chi connectivity index (χ0v) is 11.5. The lowest BCUT2D eigenvalue weighted by Crippen LogP contribution is -2.14. The Hall–Kier alpha value is -1.26. The molecule has 2 rings (SSSR count). The normalized spacial score (nSPS) is 10.2. The summed E-state index contributed by atoms with van der Waals surface area (Å²) in [6.07, 6.45) is 0. The summed E-state index contributed by atoms with van der Waals surface area (Å²) in [4.78, 5) is 24.8. The second-order valence-corrected chi connectivity index (χ2v) is 5.59. The molecule has 4 heteroatoms. The van der Waals surface area contributed by atoms with Crippen molar-refractivity contribution in [3.8, 4) is 0 Å². The third kappa shape index (κ3) is 2.53. The van der Waals surface area contributed by atoms with Crippen molar-refractivity contribution in [1.29, 1.82) is 0 Å². The van der Waals surface area contributed by atoms with E-state index in [-0.39, 0.29) is 0 Å². The van der Waals surface area contributed by atoms with Crippen LogP contribution in [0.2, 0.25) is 0 Å². The van der Waals surface area contributed by atoms with Crippen LogP contribution in [0.1, 0.15) is 25.6 Å². The highest BCUT2D eigenvalue weighted by Crippen LogP contribution is 2.19. The van der Waals surface area contributed by atoms with Gasteiger partial charge in [-0.15, -0.1) is 11.3 Å². The molecular formula is C13H9BrO2S. The van der Waals surface area contributed by atoms with Crippen molar-refractivity contribution in [2.45, 2.75) is 6.92 Å². The maximum absolute atomic E-state index is 12.0. The number of halogens is 1. The van der Waals surface area contributed by atoms with E-state index in [2.05, 4.69) is 15.9 Å². The molecule has 0 bridgehead atoms. The summed E-state index contributed by atoms with van der Waals surface area (Å²) in [7, 11) is 0. The first-order valence-corrected chi connectivity index (χ1v) is 6.65. The number of rotatable bonds is 3. The molecule has 1 aromatic carbocycles. The average Bonchev–Trinajstić information content (AvgIpc) is 2.73. The predicted octanol–water partition coefficient (Wildman–Crippen LogP) is 3.88. The van der Waals surface area contributed by atoms with E-state index in [9.17, 15) is 9.59 Å². The Morgan fingerprint density at radius 2 is 1.94 bits per heavy atom. The van der Waals surface area contributed by atoms with E-state index in [1.807, 2.05) is 18.4 Å². The van der Waals surface area contributed by atoms with Crippen LogP contribution in [0.15, 0.2) is 40.2 Å². The van der Waals surface area contributed by atoms with Crippen LogP contribution in [-0.4, -0.2) is 11.6 Å². The molecule has 0 aliphatic carbocycles. The van der Waals surface area contributed by atoms with Crippen LogP contribution in [0.25, 0.3) is 0 Å². The minimum Gasteiger partial charge on any atom is -0.285 e. The number of aryl methyl sites for hydroxylation is 1. The second-order valence-electron chi connectivity index (χ2n) is 3.56. The Labute approximate surface area is 111 Å². The molecule has 17 heavy (non-hydrogen) atoms. The van der Waals surface area contributed by atoms with Gasteiger partial charge in [-0.25, -0.2) is 0 Å². The standard InChI is InChI=1S/C13H9BrO2S/c1-8-11(5-6-17-8)13(16)12(15)9-3-2-4-10(14)7-9/h2-7H,1H3. The zero-order chi connectivity index (χ0) is 12.4. The number of hydrogen-bond donors (Lipinski definition) is 0. The molecule has 0 atom stereocenters. The van der Waals surface area contributed by atoms with Crippen molar-refractivity contribution < 1.29 is 9.59 Å². The minimum absolute atomic E-state index is 0.412. The van der Waals surface area contributed by atoms with Gasteiger partial charge in [0, 0.05) is 20.5 Å². The number of benzene rings is 1. The molecule has 0 radical (unpaired) electrons. The van der Waals surface area contributed by atoms with Gasteiger partial charge in [-0.2, -0.15) is 0 Å². The van der Waals surface area contributed by atoms with Gasteiger partial charge in [0.2, 0.25) is 11.6 Å². The molecule has 0 saturated heterocycles. The van der Waals surface area contributed by atoms with Gasteiger partial charge in [0.1, 0.15) is 0 Å². The van der Waals surface area contributed by atoms with Crippen LogP contribution in [0.4, 0.5) is 0 Å². The Balaban J connectivity index is 2.33. The van der Waals surface area contributed by atoms with E-state index in [0.29, 0.717) is 11.1 Å². The lowest BCUT2D eigenvalue weighted by Gasteiger charge is -2.00. The predicted molar refractivity (Wildman–Crippen MR) is 71.9 cm³/mol. The van der Waals surface area contributed by atoms with Crippen LogP contribution >= 0.6 is 27.3 Å². The zero-order valence-electron chi connectivity index (χ0n) is 9.07. The first-order chi connectivity index (χ1) is 8.09. The van der Waals surface area contributed by atoms with Crippen molar-refractivity contribution in [1.82, 2.24) is 0 Å². The van der Waals surface area contributed by atoms with E-state index in [4.69, 9.17) is 0 Å². The van der Waals surface area contributed by atoms with Crippen LogP contribution in [-0.2, 0) is 0 Å². The third-order valence-corrected chi connectivity index (χ3v) is 3.74. The van der Waals surface area contributed by atoms with Gasteiger partial charge in [-0.3, -0.25) is 9.59 Å². The molecule has 0 amide bonds. The number of ketones is 2. The van der Waals surface area contributed by atoms with Crippen molar-refractivity contribution in [2.24, 2.45) is 0 Å². The Morgan fingerprint density at radius 3 is 2.53 bits per heavy atom. The molecule has 0 saturated carbocycles. The maximum atomic E-state index is 12.0. The molecule has 0 unspecified atom stereocenters. The minimum atomic E-state index is -0.465. The molecule has 0 fully saturated rings. The second kappa shape index (κ2) is 4.94. The molecular weight excluding hydrogens is 300 g/mol. The van der Waals surface area contributed by atoms with Gasteiger partial charge in [-0.05, 0) is 30.5 Å². The Morgan fingerprint density at radius 1 is 1.18 bits per heavy atom. The molecule has 2 nitrogen and oxygen atoms in total. The first kappa shape index (κ1) is 12.2. The smallest absolute Gasteiger partial charge is 0.234 e. The van der Waals surface area contributed by atoms with Crippen molar-refractivity contribution >= 4 is 38.8 Å². The number of carbonyl (C=O) groups is 2. The summed E-state index contributed by atoms with van der Waals surface area (Å²) >= 11 is 4.75. The Kier molecular flexibility index (Phi) is 3.54. The molecule has 0 N–H and O–H groups in total. The van der Waals surface area contributed by atoms with Crippen molar-refractivity contribution in [3.05, 3.63) is 56.2 Å². The molecule has 0 aliphatic rings. The summed E-state index contributed by atoms with van der Waals surface area (Å²) in [5.41, 5.74) is 0.912. The van der Waals surface area contributed by atoms with Crippen LogP contribution in [0, 0.1) is 6.92 Å². The topological polar surface area (TPSA) is 34.1 Å². The highest BCUT2D eigenvalue weighted by Gasteiger charge is 2.20. The van der Waals surface area contributed by atoms with E-state index in [0.717, 1.165) is 9.35 Å². The molecule has 86 valence electrons. The summed E-state index contributed by atoms with van der Waals surface area (Å²) in [6.45, 7) is 1.84. The third-order valence-electron chi connectivity index (χ3n) is 2.40. The fourth-order valence-corrected chi connectivity index (χ4v) is 2.60. The van der Waals surface area contributed by atoms with E-state index < -0.39 is 11.6 Å². The monoisotopic (exact) mass is 308 g/mol. The van der Waals surface area contributed by atoms with Gasteiger partial charge in [0.25, 0.3) is 0 Å². The Bertz CT molecular complexity index is 587. The summed E-state index contributed by atoms with van der Waals surface area (Å²) in [6, 6.07) is 8.55. The number of Topliss-reactive ketones (excluding diaryl/α,β-unsaturated/α-hetero) is 2. The van der Waals surface area contributed by atoms with Gasteiger partial charge in [0.15, 0.2) is 0 Å².